The summed E-state index contributed by atoms with van der Waals surface area (Å²) in [5, 5.41) is 13.7. The van der Waals surface area contributed by atoms with Crippen molar-refractivity contribution >= 4 is 65.9 Å². The number of allylic oxidation sites excluding steroid dienone is 2. The minimum atomic E-state index is -2.00. The minimum absolute atomic E-state index is 0. The van der Waals surface area contributed by atoms with Crippen molar-refractivity contribution < 1.29 is 31.4 Å². The van der Waals surface area contributed by atoms with Crippen LogP contribution >= 0.6 is 11.3 Å². The molecule has 2 heterocycles. The maximum atomic E-state index is 12.3. The molecule has 5 aromatic rings. The molecule has 5 rings (SSSR count). The maximum Gasteiger partial charge on any atom is 0 e. The Hall–Kier alpha value is -2.38. The van der Waals surface area contributed by atoms with E-state index in [2.05, 4.69) is 159 Å². The molecule has 4 nitrogen and oxygen atoms in total. The molecule has 0 aliphatic carbocycles. The van der Waals surface area contributed by atoms with Crippen molar-refractivity contribution in [3.63, 3.8) is 0 Å². The number of carbonyl (C=O) groups excluding carboxylic acids is 1. The van der Waals surface area contributed by atoms with E-state index in [1.807, 2.05) is 0 Å². The van der Waals surface area contributed by atoms with Crippen molar-refractivity contribution in [2.24, 2.45) is 35.5 Å². The van der Waals surface area contributed by atoms with E-state index >= 15 is 0 Å². The van der Waals surface area contributed by atoms with Crippen LogP contribution in [0.5, 0.6) is 0 Å². The summed E-state index contributed by atoms with van der Waals surface area (Å²) in [6.07, 6.45) is 1.54. The quantitative estimate of drug-likeness (QED) is 0.0692. The summed E-state index contributed by atoms with van der Waals surface area (Å²) in [7, 11) is 0. The number of hydrogen-bond donors (Lipinski definition) is 1. The number of nitrogens with zero attached hydrogens (tertiary/aromatic N) is 2. The topological polar surface area (TPSA) is 63.1 Å². The second-order valence-corrected chi connectivity index (χ2v) is 29.3. The van der Waals surface area contributed by atoms with Gasteiger partial charge in [0.1, 0.15) is 0 Å². The fourth-order valence-electron chi connectivity index (χ4n) is 7.92. The molecule has 0 aliphatic rings. The molecule has 0 bridgehead atoms. The van der Waals surface area contributed by atoms with Gasteiger partial charge in [0.2, 0.25) is 0 Å². The summed E-state index contributed by atoms with van der Waals surface area (Å²) in [5.74, 6) is 8.94. The Morgan fingerprint density at radius 2 is 1.44 bits per heavy atom. The fraction of sp³-hybridized carbons (Fsp3) is 0.489. The number of ketones is 1. The number of aliphatic hydroxyl groups is 1. The fourth-order valence-corrected chi connectivity index (χ4v) is 13.2. The summed E-state index contributed by atoms with van der Waals surface area (Å²) in [6, 6.07) is 18.8. The van der Waals surface area contributed by atoms with Crippen LogP contribution in [0, 0.1) is 48.5 Å². The molecule has 0 aliphatic heterocycles. The SMILES string of the molecule is CC(C)C(C(=O)/C=C(\O)C(C(C)C)C(C)C)C(C)C.[2H]c1nc(-c2[c-]c3ccccc3c(C(C)(C)C)c2)c2sc3c(C)[c]([Ge]([CH3])([CH3])[CH3])ccc3c2n1.[Ir]. The number of rotatable bonds is 9. The maximum absolute atomic E-state index is 12.3. The predicted molar refractivity (Wildman–Crippen MR) is 225 cm³/mol. The number of fused-ring (bicyclic) bond motifs is 4. The van der Waals surface area contributed by atoms with E-state index in [0.29, 0.717) is 23.7 Å². The summed E-state index contributed by atoms with van der Waals surface area (Å²) < 4.78 is 12.3. The molecule has 52 heavy (non-hydrogen) atoms. The second kappa shape index (κ2) is 17.4. The first-order valence-electron chi connectivity index (χ1n) is 19.2. The van der Waals surface area contributed by atoms with Crippen molar-refractivity contribution in [1.82, 2.24) is 9.97 Å². The largest absolute Gasteiger partial charge is 0 e. The normalized spacial score (nSPS) is 13.2. The molecule has 1 N–H and O–H groups in total. The van der Waals surface area contributed by atoms with Gasteiger partial charge in [0.15, 0.2) is 5.78 Å². The monoisotopic (exact) mass is 961 g/mol. The molecule has 0 unspecified atom stereocenters. The van der Waals surface area contributed by atoms with E-state index in [4.69, 9.17) is 1.37 Å². The van der Waals surface area contributed by atoms with Gasteiger partial charge in [-0.3, -0.25) is 4.79 Å². The first kappa shape index (κ1) is 42.4. The van der Waals surface area contributed by atoms with Crippen LogP contribution in [0.15, 0.2) is 60.6 Å². The average Bonchev–Trinajstić information content (AvgIpc) is 3.38. The standard InChI is InChI=1S/C28H29GeN2S.C17H32O2.Ir/c1-17-23(29(5,6)7)13-12-21-25-27(32-26(17)21)24(30-16-31-25)19-14-18-10-8-9-11-20(18)22(15-19)28(2,3)4;1-10(2)16(11(3)4)14(18)9-15(19)17(12(5)6)13(7)8;/h8-13,15-16H,1-7H3;9-13,16-18H,1-8H3;/q-1;;/b;14-9-;/i16D;;. The number of aromatic nitrogens is 2. The van der Waals surface area contributed by atoms with E-state index in [0.717, 1.165) is 32.2 Å². The van der Waals surface area contributed by atoms with E-state index in [1.54, 1.807) is 11.3 Å². The zero-order chi connectivity index (χ0) is 39.0. The van der Waals surface area contributed by atoms with E-state index < -0.39 is 13.3 Å². The molecule has 0 saturated heterocycles. The molecule has 283 valence electrons. The first-order valence-corrected chi connectivity index (χ1v) is 26.8. The Bertz CT molecular complexity index is 2090. The van der Waals surface area contributed by atoms with Crippen molar-refractivity contribution in [1.29, 1.82) is 0 Å². The molecular weight excluding hydrogens is 897 g/mol. The van der Waals surface area contributed by atoms with Crippen LogP contribution in [0.2, 0.25) is 17.3 Å². The second-order valence-electron chi connectivity index (χ2n) is 17.7. The van der Waals surface area contributed by atoms with Crippen molar-refractivity contribution in [3.05, 3.63) is 77.8 Å². The van der Waals surface area contributed by atoms with Crippen LogP contribution in [-0.2, 0) is 30.3 Å². The molecular formula is C45H61GeIrN2O2S-. The van der Waals surface area contributed by atoms with E-state index in [-0.39, 0.29) is 55.2 Å². The first-order chi connectivity index (χ1) is 24.0. The van der Waals surface area contributed by atoms with Gasteiger partial charge < -0.3 is 5.11 Å². The number of benzene rings is 3. The zero-order valence-electron chi connectivity index (χ0n) is 35.1. The van der Waals surface area contributed by atoms with Crippen LogP contribution in [-0.4, -0.2) is 34.1 Å². The minimum Gasteiger partial charge on any atom is 0 e. The van der Waals surface area contributed by atoms with Crippen molar-refractivity contribution in [2.75, 3.05) is 0 Å². The number of carbonyl (C=O) groups is 1. The van der Waals surface area contributed by atoms with E-state index in [1.165, 1.54) is 31.7 Å². The van der Waals surface area contributed by atoms with Gasteiger partial charge in [-0.05, 0) is 23.7 Å². The van der Waals surface area contributed by atoms with Crippen LogP contribution in [0.1, 0.15) is 88.7 Å². The summed E-state index contributed by atoms with van der Waals surface area (Å²) in [5.41, 5.74) is 5.27. The molecule has 0 spiro atoms. The molecule has 0 fully saturated rings. The smallest absolute Gasteiger partial charge is 0 e. The number of thiophene rings is 1. The Morgan fingerprint density at radius 1 is 0.865 bits per heavy atom. The summed E-state index contributed by atoms with van der Waals surface area (Å²) in [4.78, 5) is 21.6. The molecule has 0 amide bonds. The van der Waals surface area contributed by atoms with Gasteiger partial charge in [-0.1, -0.05) is 55.4 Å². The van der Waals surface area contributed by atoms with Crippen LogP contribution in [0.3, 0.4) is 0 Å². The van der Waals surface area contributed by atoms with Crippen molar-refractivity contribution in [2.45, 2.75) is 106 Å². The van der Waals surface area contributed by atoms with Gasteiger partial charge in [-0.25, -0.2) is 0 Å². The van der Waals surface area contributed by atoms with E-state index in [9.17, 15) is 9.90 Å². The number of aliphatic hydroxyl groups excluding tert-OH is 1. The third-order valence-corrected chi connectivity index (χ3v) is 15.9. The van der Waals surface area contributed by atoms with Crippen LogP contribution in [0.4, 0.5) is 0 Å². The van der Waals surface area contributed by atoms with Gasteiger partial charge in [0.25, 0.3) is 0 Å². The van der Waals surface area contributed by atoms with Gasteiger partial charge in [-0.15, -0.1) is 0 Å². The third kappa shape index (κ3) is 9.64. The van der Waals surface area contributed by atoms with Gasteiger partial charge in [0, 0.05) is 38.0 Å². The van der Waals surface area contributed by atoms with Crippen molar-refractivity contribution in [3.8, 4) is 11.3 Å². The Morgan fingerprint density at radius 3 is 1.98 bits per heavy atom. The molecule has 3 aromatic carbocycles. The molecule has 2 aromatic heterocycles. The molecule has 0 atom stereocenters. The van der Waals surface area contributed by atoms with Crippen LogP contribution in [0.25, 0.3) is 42.3 Å². The van der Waals surface area contributed by atoms with Gasteiger partial charge in [0.05, 0.1) is 5.76 Å². The summed E-state index contributed by atoms with van der Waals surface area (Å²) in [6.45, 7) is 25.6. The number of hydrogen-bond acceptors (Lipinski definition) is 5. The molecule has 1 radical (unpaired) electrons. The third-order valence-electron chi connectivity index (χ3n) is 10.1. The van der Waals surface area contributed by atoms with Gasteiger partial charge >= 0.3 is 199 Å². The predicted octanol–water partition coefficient (Wildman–Crippen LogP) is 12.5. The summed E-state index contributed by atoms with van der Waals surface area (Å²) >= 11 is -0.231. The molecule has 0 saturated carbocycles. The zero-order valence-corrected chi connectivity index (χ0v) is 39.4. The Balaban J connectivity index is 0.000000327. The van der Waals surface area contributed by atoms with Crippen LogP contribution < -0.4 is 4.40 Å². The Labute approximate surface area is 335 Å². The molecule has 7 heteroatoms. The van der Waals surface area contributed by atoms with Gasteiger partial charge in [-0.2, -0.15) is 0 Å². The number of aryl methyl sites for hydroxylation is 1. The average molecular weight is 960 g/mol. The Kier molecular flexibility index (Phi) is 14.2.